The Bertz CT molecular complexity index is 579. The van der Waals surface area contributed by atoms with Crippen LogP contribution >= 0.6 is 0 Å². The van der Waals surface area contributed by atoms with Gasteiger partial charge in [0.15, 0.2) is 0 Å². The molecule has 1 aromatic heterocycles. The molecule has 0 radical (unpaired) electrons. The number of nitrogens with zero attached hydrogens (tertiary/aromatic N) is 2. The van der Waals surface area contributed by atoms with Gasteiger partial charge in [0.05, 0.1) is 17.4 Å². The predicted molar refractivity (Wildman–Crippen MR) is 58.2 cm³/mol. The van der Waals surface area contributed by atoms with E-state index in [-0.39, 0.29) is 5.75 Å². The minimum absolute atomic E-state index is 0.282. The Hall–Kier alpha value is -2.42. The van der Waals surface area contributed by atoms with Crippen LogP contribution in [0.25, 0.3) is 5.69 Å². The van der Waals surface area contributed by atoms with E-state index in [4.69, 9.17) is 6.42 Å². The van der Waals surface area contributed by atoms with Gasteiger partial charge < -0.3 is 4.74 Å². The molecule has 0 spiro atoms. The monoisotopic (exact) mass is 252 g/mol. The summed E-state index contributed by atoms with van der Waals surface area (Å²) in [6.45, 7) is 0. The van der Waals surface area contributed by atoms with Crippen LogP contribution in [0.3, 0.4) is 0 Å². The number of rotatable bonds is 2. The van der Waals surface area contributed by atoms with E-state index in [0.717, 1.165) is 0 Å². The lowest BCUT2D eigenvalue weighted by molar-refractivity contribution is -0.274. The number of aromatic nitrogens is 2. The second-order valence-electron chi connectivity index (χ2n) is 3.36. The van der Waals surface area contributed by atoms with Gasteiger partial charge in [-0.15, -0.1) is 19.6 Å². The molecule has 0 atom stereocenters. The summed E-state index contributed by atoms with van der Waals surface area (Å²) >= 11 is 0. The van der Waals surface area contributed by atoms with Crippen LogP contribution in [0.2, 0.25) is 0 Å². The normalized spacial score (nSPS) is 11.0. The summed E-state index contributed by atoms with van der Waals surface area (Å²) in [5, 5.41) is 3.97. The molecule has 0 aliphatic carbocycles. The molecule has 92 valence electrons. The van der Waals surface area contributed by atoms with Crippen LogP contribution in [0.5, 0.6) is 5.75 Å². The van der Waals surface area contributed by atoms with Gasteiger partial charge in [-0.1, -0.05) is 5.92 Å². The highest BCUT2D eigenvalue weighted by Gasteiger charge is 2.30. The minimum atomic E-state index is -4.69. The zero-order chi connectivity index (χ0) is 13.2. The largest absolute Gasteiger partial charge is 0.573 e. The average Bonchev–Trinajstić information content (AvgIpc) is 2.76. The first kappa shape index (κ1) is 12.0. The predicted octanol–water partition coefficient (Wildman–Crippen LogP) is 2.75. The van der Waals surface area contributed by atoms with Crippen LogP contribution in [0.4, 0.5) is 13.2 Å². The molecule has 1 aromatic carbocycles. The Balaban J connectivity index is 2.20. The first-order valence-corrected chi connectivity index (χ1v) is 4.85. The van der Waals surface area contributed by atoms with Crippen LogP contribution in [-0.2, 0) is 0 Å². The fourth-order valence-corrected chi connectivity index (χ4v) is 1.34. The molecule has 2 aromatic rings. The standard InChI is InChI=1S/C12H7F3N2O/c1-2-9-7-16-17(8-9)10-3-5-11(6-4-10)18-12(13,14)15/h1,3-8H. The molecule has 0 bridgehead atoms. The van der Waals surface area contributed by atoms with E-state index in [1.165, 1.54) is 35.1 Å². The summed E-state index contributed by atoms with van der Waals surface area (Å²) in [6, 6.07) is 5.32. The van der Waals surface area contributed by atoms with Crippen molar-refractivity contribution in [1.29, 1.82) is 0 Å². The SMILES string of the molecule is C#Cc1cnn(-c2ccc(OC(F)(F)F)cc2)c1. The zero-order valence-corrected chi connectivity index (χ0v) is 8.98. The van der Waals surface area contributed by atoms with Gasteiger partial charge in [0.2, 0.25) is 0 Å². The van der Waals surface area contributed by atoms with Crippen LogP contribution in [0, 0.1) is 12.3 Å². The van der Waals surface area contributed by atoms with E-state index in [0.29, 0.717) is 11.3 Å². The summed E-state index contributed by atoms with van der Waals surface area (Å²) in [7, 11) is 0. The van der Waals surface area contributed by atoms with E-state index in [2.05, 4.69) is 15.8 Å². The van der Waals surface area contributed by atoms with Gasteiger partial charge >= 0.3 is 6.36 Å². The van der Waals surface area contributed by atoms with Crippen LogP contribution in [0.15, 0.2) is 36.7 Å². The van der Waals surface area contributed by atoms with Gasteiger partial charge in [0.25, 0.3) is 0 Å². The molecule has 0 aliphatic heterocycles. The van der Waals surface area contributed by atoms with Crippen LogP contribution < -0.4 is 4.74 Å². The fraction of sp³-hybridized carbons (Fsp3) is 0.0833. The number of hydrogen-bond donors (Lipinski definition) is 0. The fourth-order valence-electron chi connectivity index (χ4n) is 1.34. The minimum Gasteiger partial charge on any atom is -0.406 e. The first-order chi connectivity index (χ1) is 8.48. The Morgan fingerprint density at radius 3 is 2.39 bits per heavy atom. The van der Waals surface area contributed by atoms with Gasteiger partial charge in [0.1, 0.15) is 5.75 Å². The Morgan fingerprint density at radius 1 is 1.22 bits per heavy atom. The number of terminal acetylenes is 1. The molecular formula is C12H7F3N2O. The molecule has 0 saturated heterocycles. The van der Waals surface area contributed by atoms with E-state index in [1.54, 1.807) is 6.20 Å². The average molecular weight is 252 g/mol. The van der Waals surface area contributed by atoms with Crippen molar-refractivity contribution < 1.29 is 17.9 Å². The Morgan fingerprint density at radius 2 is 1.89 bits per heavy atom. The van der Waals surface area contributed by atoms with Crippen molar-refractivity contribution in [1.82, 2.24) is 9.78 Å². The third-order valence-electron chi connectivity index (χ3n) is 2.08. The van der Waals surface area contributed by atoms with E-state index >= 15 is 0 Å². The van der Waals surface area contributed by atoms with Crippen molar-refractivity contribution in [2.75, 3.05) is 0 Å². The number of hydrogen-bond acceptors (Lipinski definition) is 2. The maximum absolute atomic E-state index is 12.0. The second kappa shape index (κ2) is 4.45. The molecule has 0 amide bonds. The van der Waals surface area contributed by atoms with Crippen molar-refractivity contribution in [2.24, 2.45) is 0 Å². The van der Waals surface area contributed by atoms with Crippen molar-refractivity contribution >= 4 is 0 Å². The van der Waals surface area contributed by atoms with Crippen LogP contribution in [0.1, 0.15) is 5.56 Å². The summed E-state index contributed by atoms with van der Waals surface area (Å²) < 4.78 is 41.1. The Labute approximate surface area is 101 Å². The lowest BCUT2D eigenvalue weighted by Gasteiger charge is -2.09. The van der Waals surface area contributed by atoms with E-state index < -0.39 is 6.36 Å². The number of benzene rings is 1. The van der Waals surface area contributed by atoms with Gasteiger partial charge in [-0.05, 0) is 24.3 Å². The highest BCUT2D eigenvalue weighted by molar-refractivity contribution is 5.38. The van der Waals surface area contributed by atoms with E-state index in [9.17, 15) is 13.2 Å². The number of ether oxygens (including phenoxy) is 1. The van der Waals surface area contributed by atoms with Gasteiger partial charge in [-0.3, -0.25) is 0 Å². The molecule has 2 rings (SSSR count). The quantitative estimate of drug-likeness (QED) is 0.768. The third-order valence-corrected chi connectivity index (χ3v) is 2.08. The number of halogens is 3. The summed E-state index contributed by atoms with van der Waals surface area (Å²) in [4.78, 5) is 0. The highest BCUT2D eigenvalue weighted by atomic mass is 19.4. The van der Waals surface area contributed by atoms with Gasteiger partial charge in [-0.2, -0.15) is 5.10 Å². The van der Waals surface area contributed by atoms with Gasteiger partial charge in [0, 0.05) is 6.20 Å². The maximum atomic E-state index is 12.0. The molecule has 1 heterocycles. The Kier molecular flexibility index (Phi) is 2.98. The molecule has 0 fully saturated rings. The molecule has 0 unspecified atom stereocenters. The molecular weight excluding hydrogens is 245 g/mol. The van der Waals surface area contributed by atoms with Crippen molar-refractivity contribution in [2.45, 2.75) is 6.36 Å². The van der Waals surface area contributed by atoms with Crippen LogP contribution in [-0.4, -0.2) is 16.1 Å². The lowest BCUT2D eigenvalue weighted by atomic mass is 10.3. The van der Waals surface area contributed by atoms with E-state index in [1.807, 2.05) is 0 Å². The summed E-state index contributed by atoms with van der Waals surface area (Å²) in [5.41, 5.74) is 1.18. The molecule has 0 aliphatic rings. The highest BCUT2D eigenvalue weighted by Crippen LogP contribution is 2.23. The first-order valence-electron chi connectivity index (χ1n) is 4.85. The van der Waals surface area contributed by atoms with Crippen molar-refractivity contribution in [3.8, 4) is 23.8 Å². The topological polar surface area (TPSA) is 27.1 Å². The summed E-state index contributed by atoms with van der Waals surface area (Å²) in [6.07, 6.45) is 3.58. The zero-order valence-electron chi connectivity index (χ0n) is 8.98. The maximum Gasteiger partial charge on any atom is 0.573 e. The smallest absolute Gasteiger partial charge is 0.406 e. The molecule has 6 heteroatoms. The molecule has 3 nitrogen and oxygen atoms in total. The molecule has 18 heavy (non-hydrogen) atoms. The van der Waals surface area contributed by atoms with Crippen molar-refractivity contribution in [3.63, 3.8) is 0 Å². The van der Waals surface area contributed by atoms with Gasteiger partial charge in [-0.25, -0.2) is 4.68 Å². The lowest BCUT2D eigenvalue weighted by Crippen LogP contribution is -2.17. The molecule has 0 saturated carbocycles. The summed E-state index contributed by atoms with van der Waals surface area (Å²) in [5.74, 6) is 2.12. The van der Waals surface area contributed by atoms with Crippen molar-refractivity contribution in [3.05, 3.63) is 42.2 Å². The third kappa shape index (κ3) is 2.83. The molecule has 0 N–H and O–H groups in total. The number of alkyl halides is 3. The second-order valence-corrected chi connectivity index (χ2v) is 3.36.